The van der Waals surface area contributed by atoms with Crippen LogP contribution in [0.5, 0.6) is 0 Å². The Hall–Kier alpha value is -3.28. The average molecular weight is 324 g/mol. The summed E-state index contributed by atoms with van der Waals surface area (Å²) < 4.78 is 0. The summed E-state index contributed by atoms with van der Waals surface area (Å²) in [5, 5.41) is 22.9. The predicted molar refractivity (Wildman–Crippen MR) is 92.3 cm³/mol. The van der Waals surface area contributed by atoms with Crippen molar-refractivity contribution in [2.45, 2.75) is 13.8 Å². The molecule has 2 aromatic carbocycles. The van der Waals surface area contributed by atoms with Gasteiger partial charge in [0.25, 0.3) is 0 Å². The summed E-state index contributed by atoms with van der Waals surface area (Å²) >= 11 is 0. The number of nitro groups is 2. The largest absolute Gasteiger partial charge is 0.346 e. The summed E-state index contributed by atoms with van der Waals surface area (Å²) in [6.45, 7) is 3.58. The van der Waals surface area contributed by atoms with E-state index in [0.29, 0.717) is 11.1 Å². The molecule has 0 spiro atoms. The second-order valence-corrected chi connectivity index (χ2v) is 5.29. The normalized spacial score (nSPS) is 12.1. The van der Waals surface area contributed by atoms with E-state index in [1.165, 1.54) is 12.2 Å². The lowest BCUT2D eigenvalue weighted by Gasteiger charge is -2.02. The van der Waals surface area contributed by atoms with Crippen LogP contribution in [-0.4, -0.2) is 9.85 Å². The fraction of sp³-hybridized carbons (Fsp3) is 0.111. The molecule has 0 heterocycles. The standard InChI is InChI=1S/C18H16N2O4/c1-13-7-3-5-9-15(13)11-17(19(21)22)18(20(23)24)12-16-10-6-4-8-14(16)2/h3-12H,1-2H3/b17-11+,18-12+. The molecule has 24 heavy (non-hydrogen) atoms. The van der Waals surface area contributed by atoms with Crippen molar-refractivity contribution in [2.24, 2.45) is 0 Å². The van der Waals surface area contributed by atoms with Gasteiger partial charge >= 0.3 is 11.4 Å². The van der Waals surface area contributed by atoms with Crippen molar-refractivity contribution in [3.05, 3.63) is 102 Å². The van der Waals surface area contributed by atoms with Gasteiger partial charge < -0.3 is 0 Å². The monoisotopic (exact) mass is 324 g/mol. The van der Waals surface area contributed by atoms with Gasteiger partial charge in [-0.25, -0.2) is 0 Å². The van der Waals surface area contributed by atoms with Crippen LogP contribution in [0, 0.1) is 34.1 Å². The Morgan fingerprint density at radius 1 is 0.750 bits per heavy atom. The molecule has 0 saturated heterocycles. The predicted octanol–water partition coefficient (Wildman–Crippen LogP) is 4.24. The van der Waals surface area contributed by atoms with Crippen LogP contribution >= 0.6 is 0 Å². The van der Waals surface area contributed by atoms with Crippen LogP contribution < -0.4 is 0 Å². The molecule has 6 heteroatoms. The van der Waals surface area contributed by atoms with Gasteiger partial charge in [0.05, 0.1) is 9.85 Å². The zero-order valence-electron chi connectivity index (χ0n) is 13.3. The number of hydrogen-bond acceptors (Lipinski definition) is 4. The number of nitrogens with zero attached hydrogens (tertiary/aromatic N) is 2. The fourth-order valence-corrected chi connectivity index (χ4v) is 2.23. The Kier molecular flexibility index (Phi) is 5.21. The van der Waals surface area contributed by atoms with Crippen molar-refractivity contribution < 1.29 is 9.85 Å². The molecule has 0 radical (unpaired) electrons. The Labute approximate surface area is 139 Å². The van der Waals surface area contributed by atoms with Crippen molar-refractivity contribution in [1.82, 2.24) is 0 Å². The van der Waals surface area contributed by atoms with E-state index in [-0.39, 0.29) is 0 Å². The minimum absolute atomic E-state index is 0.544. The molecule has 122 valence electrons. The van der Waals surface area contributed by atoms with Gasteiger partial charge in [-0.05, 0) is 36.1 Å². The first-order valence-corrected chi connectivity index (χ1v) is 7.24. The third-order valence-electron chi connectivity index (χ3n) is 3.62. The summed E-state index contributed by atoms with van der Waals surface area (Å²) in [5.41, 5.74) is 1.66. The number of rotatable bonds is 5. The molecule has 0 amide bonds. The maximum Gasteiger partial charge on any atom is 0.346 e. The van der Waals surface area contributed by atoms with Crippen molar-refractivity contribution in [3.63, 3.8) is 0 Å². The molecule has 0 N–H and O–H groups in total. The summed E-state index contributed by atoms with van der Waals surface area (Å²) in [7, 11) is 0. The highest BCUT2D eigenvalue weighted by molar-refractivity contribution is 5.64. The van der Waals surface area contributed by atoms with Gasteiger partial charge in [-0.15, -0.1) is 0 Å². The van der Waals surface area contributed by atoms with Crippen molar-refractivity contribution in [3.8, 4) is 0 Å². The van der Waals surface area contributed by atoms with Gasteiger partial charge in [0.2, 0.25) is 0 Å². The lowest BCUT2D eigenvalue weighted by molar-refractivity contribution is -0.477. The molecule has 0 fully saturated rings. The molecule has 0 bridgehead atoms. The zero-order chi connectivity index (χ0) is 17.7. The first-order valence-electron chi connectivity index (χ1n) is 7.24. The molecule has 0 aliphatic rings. The molecule has 2 aromatic rings. The highest BCUT2D eigenvalue weighted by Gasteiger charge is 2.29. The lowest BCUT2D eigenvalue weighted by Crippen LogP contribution is -2.10. The SMILES string of the molecule is Cc1ccccc1/C=C(\C(=C/c1ccccc1C)[N+](=O)[O-])[N+](=O)[O-]. The van der Waals surface area contributed by atoms with Crippen LogP contribution in [0.25, 0.3) is 12.2 Å². The Bertz CT molecular complexity index is 782. The van der Waals surface area contributed by atoms with Crippen LogP contribution in [0.15, 0.2) is 59.9 Å². The molecule has 6 nitrogen and oxygen atoms in total. The van der Waals surface area contributed by atoms with Crippen LogP contribution in [0.1, 0.15) is 22.3 Å². The fourth-order valence-electron chi connectivity index (χ4n) is 2.23. The molecule has 0 aliphatic heterocycles. The maximum atomic E-state index is 11.4. The molecule has 0 saturated carbocycles. The van der Waals surface area contributed by atoms with E-state index in [2.05, 4.69) is 0 Å². The Morgan fingerprint density at radius 2 is 1.08 bits per heavy atom. The first-order chi connectivity index (χ1) is 11.4. The number of aryl methyl sites for hydroxylation is 2. The van der Waals surface area contributed by atoms with Crippen molar-refractivity contribution in [1.29, 1.82) is 0 Å². The van der Waals surface area contributed by atoms with E-state index < -0.39 is 21.2 Å². The van der Waals surface area contributed by atoms with Crippen LogP contribution in [0.2, 0.25) is 0 Å². The average Bonchev–Trinajstić information content (AvgIpc) is 2.53. The minimum atomic E-state index is -0.723. The molecule has 0 atom stereocenters. The third kappa shape index (κ3) is 3.92. The van der Waals surface area contributed by atoms with E-state index in [0.717, 1.165) is 11.1 Å². The van der Waals surface area contributed by atoms with Crippen molar-refractivity contribution >= 4 is 12.2 Å². The van der Waals surface area contributed by atoms with Gasteiger partial charge in [-0.3, -0.25) is 20.2 Å². The zero-order valence-corrected chi connectivity index (χ0v) is 13.3. The number of benzene rings is 2. The molecular formula is C18H16N2O4. The van der Waals surface area contributed by atoms with Gasteiger partial charge in [0.1, 0.15) is 0 Å². The Morgan fingerprint density at radius 3 is 1.38 bits per heavy atom. The van der Waals surface area contributed by atoms with E-state index in [4.69, 9.17) is 0 Å². The van der Waals surface area contributed by atoms with E-state index >= 15 is 0 Å². The summed E-state index contributed by atoms with van der Waals surface area (Å²) in [6.07, 6.45) is 2.48. The minimum Gasteiger partial charge on any atom is -0.258 e. The van der Waals surface area contributed by atoms with Crippen LogP contribution in [0.3, 0.4) is 0 Å². The van der Waals surface area contributed by atoms with Gasteiger partial charge in [0, 0.05) is 12.2 Å². The highest BCUT2D eigenvalue weighted by atomic mass is 16.6. The summed E-state index contributed by atoms with van der Waals surface area (Å²) in [5.74, 6) is 0. The maximum absolute atomic E-state index is 11.4. The summed E-state index contributed by atoms with van der Waals surface area (Å²) in [4.78, 5) is 21.4. The molecule has 0 aromatic heterocycles. The topological polar surface area (TPSA) is 86.3 Å². The molecule has 0 unspecified atom stereocenters. The lowest BCUT2D eigenvalue weighted by atomic mass is 10.0. The van der Waals surface area contributed by atoms with E-state index in [1.807, 2.05) is 0 Å². The second kappa shape index (κ2) is 7.32. The number of hydrogen-bond donors (Lipinski definition) is 0. The quantitative estimate of drug-likeness (QED) is 0.467. The molecular weight excluding hydrogens is 308 g/mol. The summed E-state index contributed by atoms with van der Waals surface area (Å²) in [6, 6.07) is 14.0. The Balaban J connectivity index is 2.62. The second-order valence-electron chi connectivity index (χ2n) is 5.29. The highest BCUT2D eigenvalue weighted by Crippen LogP contribution is 2.22. The van der Waals surface area contributed by atoms with E-state index in [1.54, 1.807) is 62.4 Å². The molecule has 0 aliphatic carbocycles. The van der Waals surface area contributed by atoms with Crippen molar-refractivity contribution in [2.75, 3.05) is 0 Å². The first kappa shape index (κ1) is 17.1. The van der Waals surface area contributed by atoms with Crippen LogP contribution in [0.4, 0.5) is 0 Å². The molecule has 2 rings (SSSR count). The van der Waals surface area contributed by atoms with E-state index in [9.17, 15) is 20.2 Å². The third-order valence-corrected chi connectivity index (χ3v) is 3.62. The van der Waals surface area contributed by atoms with Gasteiger partial charge in [0.15, 0.2) is 0 Å². The van der Waals surface area contributed by atoms with Crippen LogP contribution in [-0.2, 0) is 0 Å². The van der Waals surface area contributed by atoms with Gasteiger partial charge in [-0.2, -0.15) is 0 Å². The van der Waals surface area contributed by atoms with Gasteiger partial charge in [-0.1, -0.05) is 48.5 Å². The smallest absolute Gasteiger partial charge is 0.258 e.